The highest BCUT2D eigenvalue weighted by atomic mass is 16.5. The predicted molar refractivity (Wildman–Crippen MR) is 91.1 cm³/mol. The first-order chi connectivity index (χ1) is 10.8. The molecule has 0 aliphatic rings. The number of hydrogen-bond acceptors (Lipinski definition) is 3. The van der Waals surface area contributed by atoms with E-state index in [0.29, 0.717) is 17.0 Å². The molecule has 0 heterocycles. The molecule has 0 aromatic heterocycles. The van der Waals surface area contributed by atoms with Crippen molar-refractivity contribution in [2.24, 2.45) is 0 Å². The summed E-state index contributed by atoms with van der Waals surface area (Å²) in [4.78, 5) is 23.6. The number of aryl methyl sites for hydroxylation is 2. The molecule has 23 heavy (non-hydrogen) atoms. The van der Waals surface area contributed by atoms with Gasteiger partial charge in [-0.1, -0.05) is 18.2 Å². The van der Waals surface area contributed by atoms with Crippen molar-refractivity contribution >= 4 is 17.4 Å². The lowest BCUT2D eigenvalue weighted by molar-refractivity contribution is -0.122. The van der Waals surface area contributed by atoms with Gasteiger partial charge in [-0.25, -0.2) is 0 Å². The third-order valence-corrected chi connectivity index (χ3v) is 3.41. The number of Topliss-reactive ketones (excluding diaryl/α,β-unsaturated/α-hetero) is 1. The van der Waals surface area contributed by atoms with Crippen molar-refractivity contribution < 1.29 is 14.3 Å². The number of nitrogens with one attached hydrogen (secondary N) is 1. The first kappa shape index (κ1) is 16.7. The second kappa shape index (κ2) is 7.09. The Morgan fingerprint density at radius 2 is 1.70 bits per heavy atom. The van der Waals surface area contributed by atoms with Crippen molar-refractivity contribution in [3.8, 4) is 5.75 Å². The van der Waals surface area contributed by atoms with Crippen LogP contribution in [0.25, 0.3) is 0 Å². The van der Waals surface area contributed by atoms with Gasteiger partial charge in [0.1, 0.15) is 5.75 Å². The van der Waals surface area contributed by atoms with Gasteiger partial charge in [-0.3, -0.25) is 9.59 Å². The maximum Gasteiger partial charge on any atom is 0.265 e. The van der Waals surface area contributed by atoms with Gasteiger partial charge in [0.2, 0.25) is 0 Å². The average molecular weight is 311 g/mol. The van der Waals surface area contributed by atoms with Crippen LogP contribution in [0.3, 0.4) is 0 Å². The maximum atomic E-state index is 12.2. The Morgan fingerprint density at radius 1 is 1.04 bits per heavy atom. The standard InChI is InChI=1S/C19H21NO3/c1-12-8-13(2)10-18(9-12)23-15(4)19(22)20-17-7-5-6-16(11-17)14(3)21/h5-11,15H,1-4H3,(H,20,22)/t15-/m1/s1. The second-order valence-electron chi connectivity index (χ2n) is 5.71. The van der Waals surface area contributed by atoms with Gasteiger partial charge < -0.3 is 10.1 Å². The molecular weight excluding hydrogens is 290 g/mol. The minimum Gasteiger partial charge on any atom is -0.481 e. The zero-order chi connectivity index (χ0) is 17.0. The van der Waals surface area contributed by atoms with Crippen LogP contribution in [0.15, 0.2) is 42.5 Å². The van der Waals surface area contributed by atoms with Crippen molar-refractivity contribution in [1.29, 1.82) is 0 Å². The molecule has 2 aromatic rings. The van der Waals surface area contributed by atoms with E-state index in [4.69, 9.17) is 4.74 Å². The molecule has 1 amide bonds. The molecule has 4 heteroatoms. The van der Waals surface area contributed by atoms with Crippen LogP contribution in [0.5, 0.6) is 5.75 Å². The maximum absolute atomic E-state index is 12.2. The van der Waals surface area contributed by atoms with E-state index in [2.05, 4.69) is 5.32 Å². The Kier molecular flexibility index (Phi) is 5.16. The first-order valence-electron chi connectivity index (χ1n) is 7.52. The van der Waals surface area contributed by atoms with E-state index >= 15 is 0 Å². The summed E-state index contributed by atoms with van der Waals surface area (Å²) in [6.07, 6.45) is -0.641. The Balaban J connectivity index is 2.05. The van der Waals surface area contributed by atoms with Gasteiger partial charge in [-0.2, -0.15) is 0 Å². The van der Waals surface area contributed by atoms with Crippen molar-refractivity contribution in [3.63, 3.8) is 0 Å². The Bertz CT molecular complexity index is 717. The van der Waals surface area contributed by atoms with Crippen molar-refractivity contribution in [2.75, 3.05) is 5.32 Å². The summed E-state index contributed by atoms with van der Waals surface area (Å²) in [5.41, 5.74) is 3.31. The van der Waals surface area contributed by atoms with E-state index in [1.54, 1.807) is 31.2 Å². The second-order valence-corrected chi connectivity index (χ2v) is 5.71. The quantitative estimate of drug-likeness (QED) is 0.852. The van der Waals surface area contributed by atoms with Crippen molar-refractivity contribution in [1.82, 2.24) is 0 Å². The fourth-order valence-corrected chi connectivity index (χ4v) is 2.32. The van der Waals surface area contributed by atoms with Gasteiger partial charge in [0.05, 0.1) is 0 Å². The lowest BCUT2D eigenvalue weighted by Gasteiger charge is -2.16. The molecule has 0 bridgehead atoms. The zero-order valence-corrected chi connectivity index (χ0v) is 13.8. The van der Waals surface area contributed by atoms with Crippen molar-refractivity contribution in [3.05, 3.63) is 59.2 Å². The van der Waals surface area contributed by atoms with E-state index in [9.17, 15) is 9.59 Å². The lowest BCUT2D eigenvalue weighted by atomic mass is 10.1. The highest BCUT2D eigenvalue weighted by Crippen LogP contribution is 2.18. The number of amides is 1. The fraction of sp³-hybridized carbons (Fsp3) is 0.263. The van der Waals surface area contributed by atoms with Gasteiger partial charge in [0, 0.05) is 11.3 Å². The van der Waals surface area contributed by atoms with Crippen LogP contribution >= 0.6 is 0 Å². The van der Waals surface area contributed by atoms with E-state index in [0.717, 1.165) is 11.1 Å². The molecule has 2 aromatic carbocycles. The van der Waals surface area contributed by atoms with Crippen LogP contribution in [0.1, 0.15) is 35.3 Å². The van der Waals surface area contributed by atoms with Gasteiger partial charge in [0.15, 0.2) is 11.9 Å². The number of carbonyl (C=O) groups is 2. The molecule has 1 atom stereocenters. The largest absolute Gasteiger partial charge is 0.481 e. The number of anilines is 1. The van der Waals surface area contributed by atoms with E-state index in [1.807, 2.05) is 32.0 Å². The normalized spacial score (nSPS) is 11.7. The van der Waals surface area contributed by atoms with Crippen molar-refractivity contribution in [2.45, 2.75) is 33.8 Å². The molecule has 0 aliphatic heterocycles. The summed E-state index contributed by atoms with van der Waals surface area (Å²) < 4.78 is 5.71. The summed E-state index contributed by atoms with van der Waals surface area (Å²) in [6, 6.07) is 12.7. The number of carbonyl (C=O) groups excluding carboxylic acids is 2. The topological polar surface area (TPSA) is 55.4 Å². The predicted octanol–water partition coefficient (Wildman–Crippen LogP) is 3.91. The summed E-state index contributed by atoms with van der Waals surface area (Å²) in [7, 11) is 0. The number of benzene rings is 2. The van der Waals surface area contributed by atoms with E-state index < -0.39 is 6.10 Å². The number of hydrogen-bond donors (Lipinski definition) is 1. The summed E-state index contributed by atoms with van der Waals surface area (Å²) in [5, 5.41) is 2.77. The summed E-state index contributed by atoms with van der Waals surface area (Å²) in [6.45, 7) is 7.16. The van der Waals surface area contributed by atoms with Crippen LogP contribution in [0.4, 0.5) is 5.69 Å². The molecule has 0 saturated heterocycles. The molecule has 0 fully saturated rings. The molecular formula is C19H21NO3. The number of rotatable bonds is 5. The number of ketones is 1. The van der Waals surface area contributed by atoms with Gasteiger partial charge in [-0.15, -0.1) is 0 Å². The Hall–Kier alpha value is -2.62. The zero-order valence-electron chi connectivity index (χ0n) is 13.8. The molecule has 2 rings (SSSR count). The summed E-state index contributed by atoms with van der Waals surface area (Å²) >= 11 is 0. The molecule has 0 unspecified atom stereocenters. The molecule has 0 saturated carbocycles. The summed E-state index contributed by atoms with van der Waals surface area (Å²) in [5.74, 6) is 0.369. The molecule has 0 aliphatic carbocycles. The van der Waals surface area contributed by atoms with E-state index in [1.165, 1.54) is 6.92 Å². The third-order valence-electron chi connectivity index (χ3n) is 3.41. The van der Waals surface area contributed by atoms with Crippen LogP contribution in [0.2, 0.25) is 0 Å². The third kappa shape index (κ3) is 4.68. The Labute approximate surface area is 136 Å². The highest BCUT2D eigenvalue weighted by Gasteiger charge is 2.15. The molecule has 4 nitrogen and oxygen atoms in total. The molecule has 0 radical (unpaired) electrons. The minimum absolute atomic E-state index is 0.0411. The van der Waals surface area contributed by atoms with Gasteiger partial charge in [0.25, 0.3) is 5.91 Å². The molecule has 0 spiro atoms. The molecule has 120 valence electrons. The van der Waals surface area contributed by atoms with Crippen LogP contribution < -0.4 is 10.1 Å². The van der Waals surface area contributed by atoms with E-state index in [-0.39, 0.29) is 11.7 Å². The minimum atomic E-state index is -0.641. The SMILES string of the molecule is CC(=O)c1cccc(NC(=O)[C@@H](C)Oc2cc(C)cc(C)c2)c1. The van der Waals surface area contributed by atoms with Crippen LogP contribution in [-0.4, -0.2) is 17.8 Å². The molecule has 1 N–H and O–H groups in total. The van der Waals surface area contributed by atoms with Crippen LogP contribution in [0, 0.1) is 13.8 Å². The Morgan fingerprint density at radius 3 is 2.30 bits per heavy atom. The lowest BCUT2D eigenvalue weighted by Crippen LogP contribution is -2.30. The monoisotopic (exact) mass is 311 g/mol. The highest BCUT2D eigenvalue weighted by molar-refractivity contribution is 5.98. The number of ether oxygens (including phenoxy) is 1. The fourth-order valence-electron chi connectivity index (χ4n) is 2.32. The van der Waals surface area contributed by atoms with Gasteiger partial charge >= 0.3 is 0 Å². The van der Waals surface area contributed by atoms with Crippen LogP contribution in [-0.2, 0) is 4.79 Å². The van der Waals surface area contributed by atoms with Gasteiger partial charge in [-0.05, 0) is 63.1 Å². The average Bonchev–Trinajstić information content (AvgIpc) is 2.46. The smallest absolute Gasteiger partial charge is 0.265 e. The first-order valence-corrected chi connectivity index (χ1v) is 7.52.